The van der Waals surface area contributed by atoms with E-state index in [2.05, 4.69) is 17.4 Å². The van der Waals surface area contributed by atoms with E-state index >= 15 is 0 Å². The highest BCUT2D eigenvalue weighted by Gasteiger charge is 2.34. The Morgan fingerprint density at radius 1 is 1.30 bits per heavy atom. The molecule has 1 fully saturated rings. The number of hydrogen-bond donors (Lipinski definition) is 1. The molecule has 0 saturated carbocycles. The Balaban J connectivity index is 1.75. The Bertz CT molecular complexity index is 544. The molecule has 20 heavy (non-hydrogen) atoms. The zero-order chi connectivity index (χ0) is 14.1. The van der Waals surface area contributed by atoms with Gasteiger partial charge in [0, 0.05) is 20.1 Å². The maximum Gasteiger partial charge on any atom is 0.317 e. The Kier molecular flexibility index (Phi) is 3.34. The third-order valence-corrected chi connectivity index (χ3v) is 4.06. The van der Waals surface area contributed by atoms with E-state index in [1.807, 2.05) is 17.0 Å². The van der Waals surface area contributed by atoms with Crippen molar-refractivity contribution in [3.8, 4) is 0 Å². The van der Waals surface area contributed by atoms with E-state index in [0.29, 0.717) is 13.1 Å². The van der Waals surface area contributed by atoms with Gasteiger partial charge in [0.15, 0.2) is 0 Å². The van der Waals surface area contributed by atoms with Gasteiger partial charge in [-0.2, -0.15) is 0 Å². The van der Waals surface area contributed by atoms with Crippen LogP contribution in [0.2, 0.25) is 0 Å². The monoisotopic (exact) mass is 273 g/mol. The molecule has 2 aliphatic heterocycles. The standard InChI is InChI=1S/C15H19N3O2/c1-17-10-13(16-15(17)20)14(19)18-8-4-7-11-5-2-3-6-12(11)9-18/h2-3,5-6,13H,4,7-10H2,1H3,(H,16,20). The van der Waals surface area contributed by atoms with Gasteiger partial charge in [-0.1, -0.05) is 24.3 Å². The van der Waals surface area contributed by atoms with Crippen molar-refractivity contribution in [1.82, 2.24) is 15.1 Å². The summed E-state index contributed by atoms with van der Waals surface area (Å²) in [5.74, 6) is 0.0272. The quantitative estimate of drug-likeness (QED) is 0.829. The molecule has 1 N–H and O–H groups in total. The Hall–Kier alpha value is -2.04. The summed E-state index contributed by atoms with van der Waals surface area (Å²) in [6.45, 7) is 1.85. The van der Waals surface area contributed by atoms with E-state index in [1.165, 1.54) is 11.1 Å². The molecular weight excluding hydrogens is 254 g/mol. The van der Waals surface area contributed by atoms with Crippen LogP contribution in [0.3, 0.4) is 0 Å². The second-order valence-corrected chi connectivity index (χ2v) is 5.51. The molecule has 2 aliphatic rings. The number of urea groups is 1. The van der Waals surface area contributed by atoms with Gasteiger partial charge in [-0.15, -0.1) is 0 Å². The molecule has 0 spiro atoms. The third kappa shape index (κ3) is 2.35. The Morgan fingerprint density at radius 3 is 2.75 bits per heavy atom. The molecule has 2 heterocycles. The second-order valence-electron chi connectivity index (χ2n) is 5.51. The lowest BCUT2D eigenvalue weighted by atomic mass is 10.0. The van der Waals surface area contributed by atoms with Crippen molar-refractivity contribution in [1.29, 1.82) is 0 Å². The molecule has 0 aliphatic carbocycles. The highest BCUT2D eigenvalue weighted by atomic mass is 16.2. The maximum absolute atomic E-state index is 12.5. The second kappa shape index (κ2) is 5.15. The first-order chi connectivity index (χ1) is 9.65. The van der Waals surface area contributed by atoms with Gasteiger partial charge in [0.25, 0.3) is 0 Å². The summed E-state index contributed by atoms with van der Waals surface area (Å²) >= 11 is 0. The first kappa shape index (κ1) is 13.0. The molecule has 1 atom stereocenters. The molecular formula is C15H19N3O2. The molecule has 1 unspecified atom stereocenters. The van der Waals surface area contributed by atoms with Crippen LogP contribution in [0.4, 0.5) is 4.79 Å². The molecule has 3 rings (SSSR count). The number of nitrogens with one attached hydrogen (secondary N) is 1. The number of rotatable bonds is 1. The van der Waals surface area contributed by atoms with Gasteiger partial charge < -0.3 is 15.1 Å². The summed E-state index contributed by atoms with van der Waals surface area (Å²) in [6, 6.07) is 7.70. The molecule has 5 heteroatoms. The van der Waals surface area contributed by atoms with Crippen LogP contribution >= 0.6 is 0 Å². The van der Waals surface area contributed by atoms with Crippen molar-refractivity contribution in [2.24, 2.45) is 0 Å². The SMILES string of the molecule is CN1CC(C(=O)N2CCCc3ccccc3C2)NC1=O. The number of aryl methyl sites for hydroxylation is 1. The smallest absolute Gasteiger partial charge is 0.317 e. The zero-order valence-corrected chi connectivity index (χ0v) is 11.6. The van der Waals surface area contributed by atoms with Crippen LogP contribution in [-0.2, 0) is 17.8 Å². The van der Waals surface area contributed by atoms with Crippen molar-refractivity contribution in [3.63, 3.8) is 0 Å². The molecule has 106 valence electrons. The van der Waals surface area contributed by atoms with Crippen molar-refractivity contribution in [3.05, 3.63) is 35.4 Å². The molecule has 5 nitrogen and oxygen atoms in total. The van der Waals surface area contributed by atoms with E-state index < -0.39 is 6.04 Å². The molecule has 0 aromatic heterocycles. The van der Waals surface area contributed by atoms with Crippen LogP contribution in [0.5, 0.6) is 0 Å². The summed E-state index contributed by atoms with van der Waals surface area (Å²) in [7, 11) is 1.71. The zero-order valence-electron chi connectivity index (χ0n) is 11.6. The van der Waals surface area contributed by atoms with Crippen LogP contribution in [0.1, 0.15) is 17.5 Å². The lowest BCUT2D eigenvalue weighted by Crippen LogP contribution is -2.45. The molecule has 0 radical (unpaired) electrons. The fraction of sp³-hybridized carbons (Fsp3) is 0.467. The molecule has 1 saturated heterocycles. The maximum atomic E-state index is 12.5. The summed E-state index contributed by atoms with van der Waals surface area (Å²) in [4.78, 5) is 27.4. The van der Waals surface area contributed by atoms with Crippen LogP contribution in [0, 0.1) is 0 Å². The minimum atomic E-state index is -0.405. The van der Waals surface area contributed by atoms with Crippen LogP contribution in [0.15, 0.2) is 24.3 Å². The van der Waals surface area contributed by atoms with Gasteiger partial charge in [0.1, 0.15) is 6.04 Å². The lowest BCUT2D eigenvalue weighted by Gasteiger charge is -2.23. The van der Waals surface area contributed by atoms with E-state index in [1.54, 1.807) is 11.9 Å². The number of fused-ring (bicyclic) bond motifs is 1. The normalized spacial score (nSPS) is 22.2. The van der Waals surface area contributed by atoms with Crippen molar-refractivity contribution >= 4 is 11.9 Å². The average Bonchev–Trinajstić information content (AvgIpc) is 2.67. The van der Waals surface area contributed by atoms with Gasteiger partial charge in [0.2, 0.25) is 5.91 Å². The van der Waals surface area contributed by atoms with E-state index in [4.69, 9.17) is 0 Å². The van der Waals surface area contributed by atoms with Crippen molar-refractivity contribution in [2.75, 3.05) is 20.1 Å². The number of carbonyl (C=O) groups is 2. The number of likely N-dealkylation sites (N-methyl/N-ethyl adjacent to an activating group) is 1. The molecule has 3 amide bonds. The largest absolute Gasteiger partial charge is 0.337 e. The van der Waals surface area contributed by atoms with Crippen molar-refractivity contribution < 1.29 is 9.59 Å². The van der Waals surface area contributed by atoms with Gasteiger partial charge in [-0.25, -0.2) is 4.79 Å². The van der Waals surface area contributed by atoms with Crippen LogP contribution in [-0.4, -0.2) is 47.9 Å². The predicted octanol–water partition coefficient (Wildman–Crippen LogP) is 0.985. The summed E-state index contributed by atoms with van der Waals surface area (Å²) in [5, 5.41) is 2.74. The lowest BCUT2D eigenvalue weighted by molar-refractivity contribution is -0.133. The highest BCUT2D eigenvalue weighted by molar-refractivity contribution is 5.90. The minimum Gasteiger partial charge on any atom is -0.337 e. The first-order valence-corrected chi connectivity index (χ1v) is 7.02. The fourth-order valence-electron chi connectivity index (χ4n) is 2.91. The van der Waals surface area contributed by atoms with Gasteiger partial charge >= 0.3 is 6.03 Å². The number of carbonyl (C=O) groups excluding carboxylic acids is 2. The topological polar surface area (TPSA) is 52.7 Å². The molecule has 1 aromatic carbocycles. The molecule has 1 aromatic rings. The van der Waals surface area contributed by atoms with E-state index in [9.17, 15) is 9.59 Å². The van der Waals surface area contributed by atoms with Gasteiger partial charge in [-0.3, -0.25) is 4.79 Å². The molecule has 0 bridgehead atoms. The highest BCUT2D eigenvalue weighted by Crippen LogP contribution is 2.19. The third-order valence-electron chi connectivity index (χ3n) is 4.06. The van der Waals surface area contributed by atoms with Gasteiger partial charge in [0.05, 0.1) is 6.54 Å². The average molecular weight is 273 g/mol. The summed E-state index contributed by atoms with van der Waals surface area (Å²) < 4.78 is 0. The number of amides is 3. The number of hydrogen-bond acceptors (Lipinski definition) is 2. The van der Waals surface area contributed by atoms with Crippen molar-refractivity contribution in [2.45, 2.75) is 25.4 Å². The van der Waals surface area contributed by atoms with E-state index in [0.717, 1.165) is 19.4 Å². The van der Waals surface area contributed by atoms with Crippen LogP contribution in [0.25, 0.3) is 0 Å². The number of benzene rings is 1. The number of nitrogens with zero attached hydrogens (tertiary/aromatic N) is 2. The fourth-order valence-corrected chi connectivity index (χ4v) is 2.91. The minimum absolute atomic E-state index is 0.0272. The Morgan fingerprint density at radius 2 is 2.05 bits per heavy atom. The summed E-state index contributed by atoms with van der Waals surface area (Å²) in [6.07, 6.45) is 1.98. The van der Waals surface area contributed by atoms with Crippen LogP contribution < -0.4 is 5.32 Å². The van der Waals surface area contributed by atoms with E-state index in [-0.39, 0.29) is 11.9 Å². The predicted molar refractivity (Wildman–Crippen MR) is 75.1 cm³/mol. The summed E-state index contributed by atoms with van der Waals surface area (Å²) in [5.41, 5.74) is 2.55. The van der Waals surface area contributed by atoms with Gasteiger partial charge in [-0.05, 0) is 24.0 Å². The first-order valence-electron chi connectivity index (χ1n) is 7.02. The Labute approximate surface area is 118 Å².